The second-order valence-electron chi connectivity index (χ2n) is 13.1. The summed E-state index contributed by atoms with van der Waals surface area (Å²) in [7, 11) is 0. The van der Waals surface area contributed by atoms with Gasteiger partial charge in [-0.25, -0.2) is 4.79 Å². The largest absolute Gasteiger partial charge is 0.478 e. The molecule has 3 aliphatic heterocycles. The molecule has 228 valence electrons. The quantitative estimate of drug-likeness (QED) is 0.273. The molecule has 0 bridgehead atoms. The Hall–Kier alpha value is -4.65. The van der Waals surface area contributed by atoms with E-state index in [1.165, 1.54) is 24.8 Å². The number of nitrogens with zero attached hydrogens (tertiary/aromatic N) is 3. The Morgan fingerprint density at radius 2 is 1.60 bits per heavy atom. The number of likely N-dealkylation sites (tertiary alicyclic amines) is 1. The van der Waals surface area contributed by atoms with Gasteiger partial charge in [0, 0.05) is 46.9 Å². The van der Waals surface area contributed by atoms with Gasteiger partial charge in [-0.3, -0.25) is 9.59 Å². The molecule has 4 heterocycles. The van der Waals surface area contributed by atoms with Gasteiger partial charge in [-0.15, -0.1) is 0 Å². The zero-order valence-electron chi connectivity index (χ0n) is 25.4. The summed E-state index contributed by atoms with van der Waals surface area (Å²) >= 11 is 0. The van der Waals surface area contributed by atoms with Crippen molar-refractivity contribution in [2.45, 2.75) is 69.9 Å². The lowest BCUT2D eigenvalue weighted by Gasteiger charge is -2.37. The van der Waals surface area contributed by atoms with E-state index in [1.807, 2.05) is 46.2 Å². The minimum atomic E-state index is -0.950. The predicted molar refractivity (Wildman–Crippen MR) is 175 cm³/mol. The van der Waals surface area contributed by atoms with Gasteiger partial charge in [-0.1, -0.05) is 67.8 Å². The molecule has 1 N–H and O–H groups in total. The molecule has 1 saturated carbocycles. The summed E-state index contributed by atoms with van der Waals surface area (Å²) in [4.78, 5) is 43.2. The van der Waals surface area contributed by atoms with Crippen LogP contribution in [0.25, 0.3) is 28.2 Å². The van der Waals surface area contributed by atoms with Crippen molar-refractivity contribution in [3.05, 3.63) is 94.6 Å². The third-order valence-electron chi connectivity index (χ3n) is 10.5. The second-order valence-corrected chi connectivity index (χ2v) is 13.1. The number of rotatable bonds is 4. The van der Waals surface area contributed by atoms with Crippen molar-refractivity contribution in [2.24, 2.45) is 0 Å². The minimum Gasteiger partial charge on any atom is -0.478 e. The average molecular weight is 600 g/mol. The van der Waals surface area contributed by atoms with Crippen LogP contribution in [0.5, 0.6) is 0 Å². The number of para-hydroxylation sites is 1. The molecule has 0 unspecified atom stereocenters. The van der Waals surface area contributed by atoms with Crippen molar-refractivity contribution in [3.8, 4) is 11.3 Å². The first kappa shape index (κ1) is 27.9. The molecule has 1 aliphatic carbocycles. The minimum absolute atomic E-state index is 0.0136. The second kappa shape index (κ2) is 11.1. The van der Waals surface area contributed by atoms with Gasteiger partial charge in [0.15, 0.2) is 0 Å². The standard InChI is InChI=1S/C38H37N3O4/c42-34-22-26-11-5-7-13-32(26)41(34)29-16-18-39(19-17-29)37(43)28-20-25-10-4-6-12-30(25)36-35(24-8-2-1-3-9-24)31-15-14-27(38(44)45)21-33(31)40(36)23-28/h4-7,10-15,20-21,24,29H,1-3,8-9,16-19,22-23H2,(H,44,45). The van der Waals surface area contributed by atoms with Crippen LogP contribution in [-0.4, -0.2) is 51.5 Å². The molecule has 2 amide bonds. The molecular formula is C38H37N3O4. The molecule has 3 aromatic carbocycles. The van der Waals surface area contributed by atoms with Crippen LogP contribution < -0.4 is 4.90 Å². The van der Waals surface area contributed by atoms with Gasteiger partial charge in [0.25, 0.3) is 5.91 Å². The first-order valence-corrected chi connectivity index (χ1v) is 16.4. The number of carboxylic acids is 1. The molecule has 1 aromatic heterocycles. The maximum atomic E-state index is 14.3. The number of piperidine rings is 1. The first-order chi connectivity index (χ1) is 22.0. The summed E-state index contributed by atoms with van der Waals surface area (Å²) in [6.45, 7) is 1.56. The molecular weight excluding hydrogens is 562 g/mol. The first-order valence-electron chi connectivity index (χ1n) is 16.4. The van der Waals surface area contributed by atoms with E-state index in [0.717, 1.165) is 64.7 Å². The summed E-state index contributed by atoms with van der Waals surface area (Å²) in [5.41, 5.74) is 8.47. The van der Waals surface area contributed by atoms with Crippen molar-refractivity contribution in [3.63, 3.8) is 0 Å². The Morgan fingerprint density at radius 1 is 0.844 bits per heavy atom. The summed E-state index contributed by atoms with van der Waals surface area (Å²) in [5, 5.41) is 11.0. The van der Waals surface area contributed by atoms with E-state index >= 15 is 0 Å². The normalized spacial score (nSPS) is 18.8. The number of aromatic nitrogens is 1. The van der Waals surface area contributed by atoms with Gasteiger partial charge >= 0.3 is 5.97 Å². The smallest absolute Gasteiger partial charge is 0.335 e. The number of fused-ring (bicyclic) bond motifs is 6. The number of hydrogen-bond donors (Lipinski definition) is 1. The molecule has 45 heavy (non-hydrogen) atoms. The van der Waals surface area contributed by atoms with Crippen LogP contribution in [0, 0.1) is 0 Å². The lowest BCUT2D eigenvalue weighted by Crippen LogP contribution is -2.48. The number of aromatic carboxylic acids is 1. The Bertz CT molecular complexity index is 1890. The number of carbonyl (C=O) groups excluding carboxylic acids is 2. The van der Waals surface area contributed by atoms with E-state index in [2.05, 4.69) is 28.8 Å². The highest BCUT2D eigenvalue weighted by Gasteiger charge is 2.37. The van der Waals surface area contributed by atoms with Crippen molar-refractivity contribution < 1.29 is 19.5 Å². The van der Waals surface area contributed by atoms with Crippen LogP contribution in [0.1, 0.15) is 77.9 Å². The lowest BCUT2D eigenvalue weighted by molar-refractivity contribution is -0.128. The molecule has 1 saturated heterocycles. The molecule has 0 atom stereocenters. The molecule has 4 aliphatic rings. The van der Waals surface area contributed by atoms with E-state index in [0.29, 0.717) is 37.5 Å². The van der Waals surface area contributed by atoms with E-state index in [1.54, 1.807) is 12.1 Å². The Labute approximate surface area is 262 Å². The van der Waals surface area contributed by atoms with Crippen LogP contribution in [0.15, 0.2) is 72.3 Å². The Morgan fingerprint density at radius 3 is 2.40 bits per heavy atom. The topological polar surface area (TPSA) is 82.8 Å². The van der Waals surface area contributed by atoms with Crippen LogP contribution >= 0.6 is 0 Å². The van der Waals surface area contributed by atoms with Gasteiger partial charge in [0.2, 0.25) is 5.91 Å². The molecule has 7 heteroatoms. The average Bonchev–Trinajstić information content (AvgIpc) is 3.51. The number of hydrogen-bond acceptors (Lipinski definition) is 3. The van der Waals surface area contributed by atoms with Gasteiger partial charge < -0.3 is 19.5 Å². The van der Waals surface area contributed by atoms with Crippen molar-refractivity contribution in [1.82, 2.24) is 9.47 Å². The number of anilines is 1. The highest BCUT2D eigenvalue weighted by molar-refractivity contribution is 6.04. The molecule has 2 fully saturated rings. The van der Waals surface area contributed by atoms with Gasteiger partial charge in [-0.05, 0) is 72.6 Å². The zero-order valence-corrected chi connectivity index (χ0v) is 25.4. The number of amides is 2. The number of carboxylic acid groups (broad SMARTS) is 1. The molecule has 0 spiro atoms. The molecule has 0 radical (unpaired) electrons. The predicted octanol–water partition coefficient (Wildman–Crippen LogP) is 7.03. The monoisotopic (exact) mass is 599 g/mol. The van der Waals surface area contributed by atoms with Gasteiger partial charge in [0.1, 0.15) is 0 Å². The molecule has 7 nitrogen and oxygen atoms in total. The van der Waals surface area contributed by atoms with Crippen LogP contribution in [0.4, 0.5) is 5.69 Å². The van der Waals surface area contributed by atoms with Gasteiger partial charge in [-0.2, -0.15) is 0 Å². The van der Waals surface area contributed by atoms with Gasteiger partial charge in [0.05, 0.1) is 24.2 Å². The highest BCUT2D eigenvalue weighted by Crippen LogP contribution is 2.46. The summed E-state index contributed by atoms with van der Waals surface area (Å²) in [5.74, 6) is -0.393. The van der Waals surface area contributed by atoms with Crippen molar-refractivity contribution in [1.29, 1.82) is 0 Å². The molecule has 8 rings (SSSR count). The fraction of sp³-hybridized carbons (Fsp3) is 0.342. The third-order valence-corrected chi connectivity index (χ3v) is 10.5. The maximum Gasteiger partial charge on any atom is 0.335 e. The van der Waals surface area contributed by atoms with E-state index in [-0.39, 0.29) is 23.4 Å². The third kappa shape index (κ3) is 4.68. The number of carbonyl (C=O) groups is 3. The van der Waals surface area contributed by atoms with E-state index in [4.69, 9.17) is 0 Å². The van der Waals surface area contributed by atoms with Crippen LogP contribution in [-0.2, 0) is 22.6 Å². The van der Waals surface area contributed by atoms with Crippen molar-refractivity contribution >= 4 is 40.4 Å². The zero-order chi connectivity index (χ0) is 30.7. The van der Waals surface area contributed by atoms with E-state index < -0.39 is 5.97 Å². The Balaban J connectivity index is 1.15. The fourth-order valence-corrected chi connectivity index (χ4v) is 8.35. The molecule has 4 aromatic rings. The van der Waals surface area contributed by atoms with Crippen LogP contribution in [0.2, 0.25) is 0 Å². The van der Waals surface area contributed by atoms with E-state index in [9.17, 15) is 19.5 Å². The summed E-state index contributed by atoms with van der Waals surface area (Å²) in [6, 6.07) is 21.9. The Kier molecular flexibility index (Phi) is 6.85. The maximum absolute atomic E-state index is 14.3. The van der Waals surface area contributed by atoms with Crippen molar-refractivity contribution in [2.75, 3.05) is 18.0 Å². The summed E-state index contributed by atoms with van der Waals surface area (Å²) in [6.07, 6.45) is 9.84. The highest BCUT2D eigenvalue weighted by atomic mass is 16.4. The number of benzene rings is 3. The fourth-order valence-electron chi connectivity index (χ4n) is 8.35. The lowest BCUT2D eigenvalue weighted by atomic mass is 9.81. The van der Waals surface area contributed by atoms with Crippen LogP contribution in [0.3, 0.4) is 0 Å². The summed E-state index contributed by atoms with van der Waals surface area (Å²) < 4.78 is 2.22. The SMILES string of the molecule is O=C(O)c1ccc2c(C3CCCCC3)c3n(c2c1)CC(C(=O)N1CCC(N2C(=O)Cc4ccccc42)CC1)=Cc1ccccc1-3.